The molecule has 0 radical (unpaired) electrons. The van der Waals surface area contributed by atoms with Crippen molar-refractivity contribution in [1.29, 1.82) is 0 Å². The first-order valence-electron chi connectivity index (χ1n) is 8.02. The summed E-state index contributed by atoms with van der Waals surface area (Å²) >= 11 is 0. The molecule has 2 rings (SSSR count). The first-order chi connectivity index (χ1) is 12.2. The third kappa shape index (κ3) is 6.31. The topological polar surface area (TPSA) is 56.8 Å². The second-order valence-electron chi connectivity index (χ2n) is 5.28. The van der Waals surface area contributed by atoms with E-state index >= 15 is 0 Å². The maximum atomic E-state index is 11.8. The van der Waals surface area contributed by atoms with Crippen LogP contribution in [-0.4, -0.2) is 33.3 Å². The summed E-state index contributed by atoms with van der Waals surface area (Å²) in [6, 6.07) is 15.4. The van der Waals surface area contributed by atoms with Crippen LogP contribution in [0.5, 0.6) is 11.5 Å². The van der Waals surface area contributed by atoms with Crippen LogP contribution in [0.2, 0.25) is 0 Å². The van der Waals surface area contributed by atoms with Crippen molar-refractivity contribution < 1.29 is 19.0 Å². The van der Waals surface area contributed by atoms with Crippen LogP contribution in [0, 0.1) is 0 Å². The van der Waals surface area contributed by atoms with Crippen molar-refractivity contribution in [3.05, 3.63) is 65.7 Å². The van der Waals surface area contributed by atoms with Gasteiger partial charge in [0.25, 0.3) is 0 Å². The highest BCUT2D eigenvalue weighted by Gasteiger charge is 2.03. The van der Waals surface area contributed by atoms with E-state index in [1.165, 1.54) is 6.08 Å². The lowest BCUT2D eigenvalue weighted by atomic mass is 10.2. The molecule has 0 saturated carbocycles. The normalized spacial score (nSPS) is 10.6. The third-order valence-electron chi connectivity index (χ3n) is 3.49. The van der Waals surface area contributed by atoms with E-state index in [9.17, 15) is 4.79 Å². The van der Waals surface area contributed by atoms with Gasteiger partial charge < -0.3 is 19.5 Å². The predicted octanol–water partition coefficient (Wildman–Crippen LogP) is 3.05. The molecule has 25 heavy (non-hydrogen) atoms. The first-order valence-corrected chi connectivity index (χ1v) is 8.02. The van der Waals surface area contributed by atoms with E-state index in [0.717, 1.165) is 11.1 Å². The van der Waals surface area contributed by atoms with Crippen molar-refractivity contribution in [3.8, 4) is 11.5 Å². The van der Waals surface area contributed by atoms with Gasteiger partial charge in [-0.05, 0) is 29.3 Å². The molecule has 132 valence electrons. The van der Waals surface area contributed by atoms with Gasteiger partial charge in [0.15, 0.2) is 11.5 Å². The average molecular weight is 341 g/mol. The number of hydrogen-bond acceptors (Lipinski definition) is 4. The van der Waals surface area contributed by atoms with Crippen LogP contribution >= 0.6 is 0 Å². The van der Waals surface area contributed by atoms with Crippen molar-refractivity contribution >= 4 is 12.0 Å². The summed E-state index contributed by atoms with van der Waals surface area (Å²) < 4.78 is 15.9. The SMILES string of the molecule is COc1ccc(/C=C/C(=O)NCCOCc2ccccc2)cc1OC. The standard InChI is InChI=1S/C20H23NO4/c1-23-18-10-8-16(14-19(18)24-2)9-11-20(22)21-12-13-25-15-17-6-4-3-5-7-17/h3-11,14H,12-13,15H2,1-2H3,(H,21,22)/b11-9+. The summed E-state index contributed by atoms with van der Waals surface area (Å²) in [4.78, 5) is 11.8. The fourth-order valence-electron chi connectivity index (χ4n) is 2.20. The molecule has 0 unspecified atom stereocenters. The molecular formula is C20H23NO4. The van der Waals surface area contributed by atoms with Crippen LogP contribution in [0.15, 0.2) is 54.6 Å². The Hall–Kier alpha value is -2.79. The Morgan fingerprint density at radius 3 is 2.52 bits per heavy atom. The van der Waals surface area contributed by atoms with Gasteiger partial charge in [0.1, 0.15) is 0 Å². The van der Waals surface area contributed by atoms with Gasteiger partial charge in [-0.1, -0.05) is 36.4 Å². The molecule has 1 amide bonds. The van der Waals surface area contributed by atoms with Crippen LogP contribution in [0.25, 0.3) is 6.08 Å². The van der Waals surface area contributed by atoms with Gasteiger partial charge in [-0.25, -0.2) is 0 Å². The van der Waals surface area contributed by atoms with Gasteiger partial charge in [0.2, 0.25) is 5.91 Å². The molecule has 5 nitrogen and oxygen atoms in total. The van der Waals surface area contributed by atoms with Crippen molar-refractivity contribution in [3.63, 3.8) is 0 Å². The van der Waals surface area contributed by atoms with E-state index in [1.54, 1.807) is 26.4 Å². The fourth-order valence-corrected chi connectivity index (χ4v) is 2.20. The monoisotopic (exact) mass is 341 g/mol. The number of carbonyl (C=O) groups excluding carboxylic acids is 1. The Bertz CT molecular complexity index is 698. The molecule has 0 bridgehead atoms. The summed E-state index contributed by atoms with van der Waals surface area (Å²) in [6.45, 7) is 1.46. The summed E-state index contributed by atoms with van der Waals surface area (Å²) in [5, 5.41) is 2.78. The lowest BCUT2D eigenvalue weighted by molar-refractivity contribution is -0.116. The van der Waals surface area contributed by atoms with Crippen LogP contribution in [0.1, 0.15) is 11.1 Å². The van der Waals surface area contributed by atoms with Crippen LogP contribution in [-0.2, 0) is 16.1 Å². The smallest absolute Gasteiger partial charge is 0.244 e. The molecule has 0 aromatic heterocycles. The number of methoxy groups -OCH3 is 2. The molecule has 1 N–H and O–H groups in total. The minimum atomic E-state index is -0.168. The molecule has 0 spiro atoms. The lowest BCUT2D eigenvalue weighted by Gasteiger charge is -2.07. The van der Waals surface area contributed by atoms with E-state index in [2.05, 4.69) is 5.32 Å². The Labute approximate surface area is 148 Å². The largest absolute Gasteiger partial charge is 0.493 e. The zero-order valence-corrected chi connectivity index (χ0v) is 14.5. The van der Waals surface area contributed by atoms with E-state index in [-0.39, 0.29) is 5.91 Å². The van der Waals surface area contributed by atoms with Gasteiger partial charge in [0, 0.05) is 12.6 Å². The summed E-state index contributed by atoms with van der Waals surface area (Å²) in [6.07, 6.45) is 3.21. The molecule has 0 saturated heterocycles. The van der Waals surface area contributed by atoms with E-state index in [0.29, 0.717) is 31.3 Å². The quantitative estimate of drug-likeness (QED) is 0.563. The minimum absolute atomic E-state index is 0.168. The molecule has 2 aromatic carbocycles. The van der Waals surface area contributed by atoms with Gasteiger partial charge in [0.05, 0.1) is 27.4 Å². The van der Waals surface area contributed by atoms with Gasteiger partial charge >= 0.3 is 0 Å². The van der Waals surface area contributed by atoms with E-state index in [1.807, 2.05) is 42.5 Å². The second kappa shape index (κ2) is 10.2. The summed E-state index contributed by atoms with van der Waals surface area (Å²) in [7, 11) is 3.16. The molecule has 5 heteroatoms. The number of rotatable bonds is 9. The zero-order valence-electron chi connectivity index (χ0n) is 14.5. The average Bonchev–Trinajstić information content (AvgIpc) is 2.66. The maximum Gasteiger partial charge on any atom is 0.244 e. The molecule has 0 aliphatic rings. The first kappa shape index (κ1) is 18.5. The Balaban J connectivity index is 1.72. The highest BCUT2D eigenvalue weighted by Crippen LogP contribution is 2.27. The van der Waals surface area contributed by atoms with Crippen molar-refractivity contribution in [2.45, 2.75) is 6.61 Å². The molecule has 0 fully saturated rings. The second-order valence-corrected chi connectivity index (χ2v) is 5.28. The van der Waals surface area contributed by atoms with Crippen molar-refractivity contribution in [2.24, 2.45) is 0 Å². The zero-order chi connectivity index (χ0) is 17.9. The van der Waals surface area contributed by atoms with Gasteiger partial charge in [-0.3, -0.25) is 4.79 Å². The number of ether oxygens (including phenoxy) is 3. The van der Waals surface area contributed by atoms with Crippen LogP contribution in [0.4, 0.5) is 0 Å². The molecular weight excluding hydrogens is 318 g/mol. The number of benzene rings is 2. The molecule has 0 heterocycles. The Morgan fingerprint density at radius 1 is 1.04 bits per heavy atom. The summed E-state index contributed by atoms with van der Waals surface area (Å²) in [5.74, 6) is 1.11. The number of carbonyl (C=O) groups is 1. The number of amides is 1. The van der Waals surface area contributed by atoms with Gasteiger partial charge in [-0.15, -0.1) is 0 Å². The molecule has 0 aliphatic heterocycles. The molecule has 0 aliphatic carbocycles. The van der Waals surface area contributed by atoms with Crippen LogP contribution < -0.4 is 14.8 Å². The van der Waals surface area contributed by atoms with Gasteiger partial charge in [-0.2, -0.15) is 0 Å². The highest BCUT2D eigenvalue weighted by atomic mass is 16.5. The van der Waals surface area contributed by atoms with E-state index in [4.69, 9.17) is 14.2 Å². The number of nitrogens with one attached hydrogen (secondary N) is 1. The fraction of sp³-hybridized carbons (Fsp3) is 0.250. The Morgan fingerprint density at radius 2 is 1.80 bits per heavy atom. The van der Waals surface area contributed by atoms with E-state index < -0.39 is 0 Å². The van der Waals surface area contributed by atoms with Crippen molar-refractivity contribution in [2.75, 3.05) is 27.4 Å². The number of hydrogen-bond donors (Lipinski definition) is 1. The van der Waals surface area contributed by atoms with Crippen molar-refractivity contribution in [1.82, 2.24) is 5.32 Å². The Kier molecular flexibility index (Phi) is 7.53. The third-order valence-corrected chi connectivity index (χ3v) is 3.49. The lowest BCUT2D eigenvalue weighted by Crippen LogP contribution is -2.25. The maximum absolute atomic E-state index is 11.8. The molecule has 2 aromatic rings. The minimum Gasteiger partial charge on any atom is -0.493 e. The molecule has 0 atom stereocenters. The summed E-state index contributed by atoms with van der Waals surface area (Å²) in [5.41, 5.74) is 1.97. The predicted molar refractivity (Wildman–Crippen MR) is 97.7 cm³/mol. The highest BCUT2D eigenvalue weighted by molar-refractivity contribution is 5.91. The van der Waals surface area contributed by atoms with Crippen LogP contribution in [0.3, 0.4) is 0 Å².